The van der Waals surface area contributed by atoms with E-state index in [4.69, 9.17) is 5.11 Å². The number of carbonyl (C=O) groups is 1. The minimum atomic E-state index is -0.642. The van der Waals surface area contributed by atoms with Crippen LogP contribution in [0, 0.1) is 40.4 Å². The zero-order valence-corrected chi connectivity index (χ0v) is 23.1. The molecule has 4 unspecified atom stereocenters. The van der Waals surface area contributed by atoms with Gasteiger partial charge in [-0.2, -0.15) is 0 Å². The maximum absolute atomic E-state index is 11.1. The number of aromatic nitrogens is 3. The van der Waals surface area contributed by atoms with Gasteiger partial charge in [0, 0.05) is 0 Å². The molecule has 169 valence electrons. The maximum atomic E-state index is 11.1. The van der Waals surface area contributed by atoms with Gasteiger partial charge in [-0.15, -0.1) is 0 Å². The summed E-state index contributed by atoms with van der Waals surface area (Å²) in [6.45, 7) is 5.21. The molecule has 4 fully saturated rings. The Morgan fingerprint density at radius 1 is 1.16 bits per heavy atom. The minimum Gasteiger partial charge on any atom is -0.481 e. The molecule has 4 aliphatic carbocycles. The number of aliphatic carboxylic acids is 1. The van der Waals surface area contributed by atoms with Crippen LogP contribution in [0.4, 0.5) is 0 Å². The van der Waals surface area contributed by atoms with Gasteiger partial charge in [-0.25, -0.2) is 0 Å². The number of fused-ring (bicyclic) bond motifs is 5. The molecule has 1 aromatic rings. The Labute approximate surface area is 202 Å². The van der Waals surface area contributed by atoms with Crippen molar-refractivity contribution in [1.29, 1.82) is 0 Å². The fraction of sp³-hybridized carbons (Fsp3) is 0.880. The topological polar surface area (TPSA) is 68.0 Å². The van der Waals surface area contributed by atoms with E-state index in [1.54, 1.807) is 0 Å². The van der Waals surface area contributed by atoms with Crippen molar-refractivity contribution in [3.05, 3.63) is 6.20 Å². The molecule has 5 rings (SSSR count). The Hall–Kier alpha value is -0.468. The third kappa shape index (κ3) is 3.72. The first-order valence-corrected chi connectivity index (χ1v) is 14.6. The Bertz CT molecular complexity index is 827. The Morgan fingerprint density at radius 3 is 2.71 bits per heavy atom. The van der Waals surface area contributed by atoms with E-state index < -0.39 is 5.97 Å². The van der Waals surface area contributed by atoms with Gasteiger partial charge in [0.1, 0.15) is 0 Å². The van der Waals surface area contributed by atoms with E-state index in [2.05, 4.69) is 35.0 Å². The average molecular weight is 620 g/mol. The SMILES string of the molecule is C[C@]12CCCCC1C[C@H](n1c[c]([Pb])nn1)C1C2CC[C@@]2(C)C1CC[C@@H]2CCCC(=O)O. The summed E-state index contributed by atoms with van der Waals surface area (Å²) in [5.74, 6) is 3.18. The van der Waals surface area contributed by atoms with Crippen molar-refractivity contribution < 1.29 is 9.90 Å². The van der Waals surface area contributed by atoms with Crippen molar-refractivity contribution in [1.82, 2.24) is 15.0 Å². The summed E-state index contributed by atoms with van der Waals surface area (Å²) in [6, 6.07) is 0.513. The predicted molar refractivity (Wildman–Crippen MR) is 121 cm³/mol. The van der Waals surface area contributed by atoms with Gasteiger partial charge >= 0.3 is 194 Å². The van der Waals surface area contributed by atoms with Crippen LogP contribution < -0.4 is 3.25 Å². The quantitative estimate of drug-likeness (QED) is 0.493. The van der Waals surface area contributed by atoms with Crippen LogP contribution in [0.1, 0.15) is 96.9 Å². The van der Waals surface area contributed by atoms with Crippen LogP contribution in [-0.4, -0.2) is 51.8 Å². The molecule has 4 aliphatic rings. The molecular weight excluding hydrogens is 581 g/mol. The van der Waals surface area contributed by atoms with Gasteiger partial charge in [0.15, 0.2) is 0 Å². The molecule has 0 spiro atoms. The van der Waals surface area contributed by atoms with Crippen LogP contribution in [0.25, 0.3) is 0 Å². The summed E-state index contributed by atoms with van der Waals surface area (Å²) in [4.78, 5) is 11.1. The number of rotatable bonds is 5. The molecule has 4 saturated carbocycles. The van der Waals surface area contributed by atoms with Gasteiger partial charge in [0.25, 0.3) is 0 Å². The van der Waals surface area contributed by atoms with Crippen LogP contribution >= 0.6 is 0 Å². The van der Waals surface area contributed by atoms with Crippen LogP contribution in [0.2, 0.25) is 0 Å². The summed E-state index contributed by atoms with van der Waals surface area (Å²) < 4.78 is 3.46. The molecule has 3 radical (unpaired) electrons. The molecule has 1 N–H and O–H groups in total. The number of carboxylic acid groups (broad SMARTS) is 1. The van der Waals surface area contributed by atoms with E-state index in [-0.39, 0.29) is 0 Å². The molecule has 0 bridgehead atoms. The molecule has 6 heteroatoms. The smallest absolute Gasteiger partial charge is 0.481 e. The molecule has 0 saturated heterocycles. The second-order valence-corrected chi connectivity index (χ2v) is 13.7. The van der Waals surface area contributed by atoms with Gasteiger partial charge in [-0.1, -0.05) is 0 Å². The molecule has 0 amide bonds. The monoisotopic (exact) mass is 620 g/mol. The first-order chi connectivity index (χ1) is 14.8. The third-order valence-corrected chi connectivity index (χ3v) is 11.5. The van der Waals surface area contributed by atoms with Gasteiger partial charge in [0.05, 0.1) is 0 Å². The predicted octanol–water partition coefficient (Wildman–Crippen LogP) is 4.53. The van der Waals surface area contributed by atoms with Gasteiger partial charge in [-0.3, -0.25) is 4.79 Å². The average Bonchev–Trinajstić information content (AvgIpc) is 3.30. The first-order valence-electron chi connectivity index (χ1n) is 12.7. The van der Waals surface area contributed by atoms with E-state index in [1.807, 2.05) is 0 Å². The second kappa shape index (κ2) is 8.39. The van der Waals surface area contributed by atoms with Crippen LogP contribution in [-0.2, 0) is 4.79 Å². The molecule has 0 aromatic carbocycles. The van der Waals surface area contributed by atoms with Crippen molar-refractivity contribution in [3.8, 4) is 0 Å². The molecular formula is C25H38N3O2Pb. The minimum absolute atomic E-state index is 0.327. The Morgan fingerprint density at radius 2 is 1.97 bits per heavy atom. The number of hydrogen-bond donors (Lipinski definition) is 1. The fourth-order valence-electron chi connectivity index (χ4n) is 9.06. The number of hydrogen-bond acceptors (Lipinski definition) is 3. The third-order valence-electron chi connectivity index (χ3n) is 10.6. The van der Waals surface area contributed by atoms with Crippen molar-refractivity contribution in [2.24, 2.45) is 40.4 Å². The zero-order chi connectivity index (χ0) is 21.8. The molecule has 1 aromatic heterocycles. The van der Waals surface area contributed by atoms with Crippen molar-refractivity contribution in [3.63, 3.8) is 0 Å². The summed E-state index contributed by atoms with van der Waals surface area (Å²) >= 11 is 0.969. The molecule has 1 heterocycles. The second-order valence-electron chi connectivity index (χ2n) is 11.7. The fourth-order valence-corrected chi connectivity index (χ4v) is 9.75. The van der Waals surface area contributed by atoms with Crippen LogP contribution in [0.3, 0.4) is 0 Å². The van der Waals surface area contributed by atoms with E-state index in [9.17, 15) is 4.79 Å². The van der Waals surface area contributed by atoms with Gasteiger partial charge in [-0.05, 0) is 0 Å². The van der Waals surface area contributed by atoms with Crippen LogP contribution in [0.5, 0.6) is 0 Å². The Kier molecular flexibility index (Phi) is 6.04. The Balaban J connectivity index is 1.46. The van der Waals surface area contributed by atoms with E-state index >= 15 is 0 Å². The van der Waals surface area contributed by atoms with Gasteiger partial charge in [0.2, 0.25) is 0 Å². The summed E-state index contributed by atoms with van der Waals surface area (Å²) in [5.41, 5.74) is 0.882. The zero-order valence-electron chi connectivity index (χ0n) is 19.2. The normalized spacial score (nSPS) is 44.4. The first kappa shape index (κ1) is 22.3. The molecule has 8 atom stereocenters. The van der Waals surface area contributed by atoms with Crippen molar-refractivity contribution in [2.75, 3.05) is 0 Å². The summed E-state index contributed by atoms with van der Waals surface area (Å²) in [6.07, 6.45) is 16.8. The summed E-state index contributed by atoms with van der Waals surface area (Å²) in [5, 5.41) is 18.2. The van der Waals surface area contributed by atoms with Gasteiger partial charge < -0.3 is 5.11 Å². The molecule has 31 heavy (non-hydrogen) atoms. The van der Waals surface area contributed by atoms with Crippen molar-refractivity contribution >= 4 is 35.0 Å². The molecule has 5 nitrogen and oxygen atoms in total. The van der Waals surface area contributed by atoms with Crippen LogP contribution in [0.15, 0.2) is 6.20 Å². The standard InChI is InChI=1S/C25H38N3O2.Pb/c1-24-12-4-3-6-18(24)16-21(28-15-14-26-27-28)23-19-10-9-17(7-5-8-22(29)30)25(19,2)13-11-20(23)24;/h15,17-21,23H,3-13,16H2,1-2H3,(H,29,30);/t17-,18?,19?,20?,21-,23?,24-,25+;/m0./s1. The van der Waals surface area contributed by atoms with E-state index in [0.29, 0.717) is 35.1 Å². The summed E-state index contributed by atoms with van der Waals surface area (Å²) in [7, 11) is 0. The van der Waals surface area contributed by atoms with E-state index in [0.717, 1.165) is 56.4 Å². The number of carboxylic acids is 1. The number of nitrogens with zero attached hydrogens (tertiary/aromatic N) is 3. The van der Waals surface area contributed by atoms with Crippen molar-refractivity contribution in [2.45, 2.75) is 96.9 Å². The van der Waals surface area contributed by atoms with E-state index in [1.165, 1.54) is 61.0 Å². The molecule has 0 aliphatic heterocycles.